The molecule has 1 aliphatic carbocycles. The fraction of sp³-hybridized carbons (Fsp3) is 0.938. The van der Waals surface area contributed by atoms with E-state index >= 15 is 0 Å². The van der Waals surface area contributed by atoms with Crippen molar-refractivity contribution in [3.8, 4) is 0 Å². The van der Waals surface area contributed by atoms with E-state index in [0.29, 0.717) is 13.1 Å². The van der Waals surface area contributed by atoms with Crippen LogP contribution in [-0.2, 0) is 4.79 Å². The molecule has 3 fully saturated rings. The summed E-state index contributed by atoms with van der Waals surface area (Å²) in [5.74, 6) is 1.16. The van der Waals surface area contributed by atoms with Crippen molar-refractivity contribution >= 4 is 5.91 Å². The summed E-state index contributed by atoms with van der Waals surface area (Å²) in [5, 5.41) is 9.68. The fourth-order valence-electron chi connectivity index (χ4n) is 3.69. The van der Waals surface area contributed by atoms with Gasteiger partial charge in [0.2, 0.25) is 5.91 Å². The number of β-amino-alcohol motifs (C(OH)–C–C–N with tert-alkyl or cyclic N) is 1. The third-order valence-corrected chi connectivity index (χ3v) is 5.31. The summed E-state index contributed by atoms with van der Waals surface area (Å²) in [6.07, 6.45) is 5.84. The molecule has 5 nitrogen and oxygen atoms in total. The van der Waals surface area contributed by atoms with E-state index in [1.54, 1.807) is 0 Å². The van der Waals surface area contributed by atoms with Crippen LogP contribution in [0, 0.1) is 5.92 Å². The monoisotopic (exact) mass is 295 g/mol. The van der Waals surface area contributed by atoms with E-state index < -0.39 is 0 Å². The van der Waals surface area contributed by atoms with Gasteiger partial charge in [-0.15, -0.1) is 0 Å². The van der Waals surface area contributed by atoms with Crippen molar-refractivity contribution < 1.29 is 9.90 Å². The Morgan fingerprint density at radius 3 is 2.33 bits per heavy atom. The molecule has 1 saturated carbocycles. The molecule has 1 N–H and O–H groups in total. The first kappa shape index (κ1) is 15.3. The fourth-order valence-corrected chi connectivity index (χ4v) is 3.69. The number of hydrogen-bond acceptors (Lipinski definition) is 4. The van der Waals surface area contributed by atoms with E-state index in [9.17, 15) is 9.90 Å². The van der Waals surface area contributed by atoms with Crippen molar-refractivity contribution in [2.24, 2.45) is 5.92 Å². The Labute approximate surface area is 127 Å². The van der Waals surface area contributed by atoms with Crippen LogP contribution in [0.1, 0.15) is 32.1 Å². The maximum Gasteiger partial charge on any atom is 0.236 e. The predicted octanol–water partition coefficient (Wildman–Crippen LogP) is 0.387. The minimum atomic E-state index is -0.245. The highest BCUT2D eigenvalue weighted by Gasteiger charge is 2.27. The number of piperazine rings is 1. The molecule has 0 aromatic rings. The summed E-state index contributed by atoms with van der Waals surface area (Å²) >= 11 is 0. The number of piperidine rings is 1. The van der Waals surface area contributed by atoms with Gasteiger partial charge in [0.1, 0.15) is 0 Å². The zero-order valence-electron chi connectivity index (χ0n) is 13.0. The van der Waals surface area contributed by atoms with Crippen molar-refractivity contribution in [1.82, 2.24) is 14.7 Å². The van der Waals surface area contributed by atoms with Crippen molar-refractivity contribution in [3.63, 3.8) is 0 Å². The number of hydrogen-bond donors (Lipinski definition) is 1. The maximum absolute atomic E-state index is 12.4. The highest BCUT2D eigenvalue weighted by Crippen LogP contribution is 2.27. The van der Waals surface area contributed by atoms with E-state index in [1.165, 1.54) is 25.8 Å². The second kappa shape index (κ2) is 7.07. The van der Waals surface area contributed by atoms with E-state index in [1.807, 2.05) is 4.90 Å². The molecule has 2 aliphatic heterocycles. The normalized spacial score (nSPS) is 29.4. The highest BCUT2D eigenvalue weighted by atomic mass is 16.3. The third-order valence-electron chi connectivity index (χ3n) is 5.31. The second-order valence-corrected chi connectivity index (χ2v) is 7.01. The van der Waals surface area contributed by atoms with Gasteiger partial charge in [-0.1, -0.05) is 6.42 Å². The topological polar surface area (TPSA) is 47.0 Å². The molecule has 3 aliphatic rings. The molecule has 1 atom stereocenters. The summed E-state index contributed by atoms with van der Waals surface area (Å²) in [7, 11) is 0. The molecule has 0 radical (unpaired) electrons. The quantitative estimate of drug-likeness (QED) is 0.815. The van der Waals surface area contributed by atoms with Crippen LogP contribution in [0.25, 0.3) is 0 Å². The van der Waals surface area contributed by atoms with Crippen molar-refractivity contribution in [1.29, 1.82) is 0 Å². The van der Waals surface area contributed by atoms with Crippen LogP contribution in [0.4, 0.5) is 0 Å². The molecule has 120 valence electrons. The highest BCUT2D eigenvalue weighted by molar-refractivity contribution is 5.78. The van der Waals surface area contributed by atoms with Crippen LogP contribution in [-0.4, -0.2) is 84.2 Å². The first-order valence-corrected chi connectivity index (χ1v) is 8.61. The van der Waals surface area contributed by atoms with Crippen molar-refractivity contribution in [3.05, 3.63) is 0 Å². The van der Waals surface area contributed by atoms with E-state index in [0.717, 1.165) is 51.5 Å². The lowest BCUT2D eigenvalue weighted by Crippen LogP contribution is -2.53. The molecule has 1 amide bonds. The molecule has 21 heavy (non-hydrogen) atoms. The number of carbonyl (C=O) groups is 1. The summed E-state index contributed by atoms with van der Waals surface area (Å²) in [6.45, 7) is 7.15. The smallest absolute Gasteiger partial charge is 0.236 e. The first-order chi connectivity index (χ1) is 10.2. The first-order valence-electron chi connectivity index (χ1n) is 8.61. The molecule has 0 aromatic carbocycles. The van der Waals surface area contributed by atoms with E-state index in [2.05, 4.69) is 9.80 Å². The average molecular weight is 295 g/mol. The Kier molecular flexibility index (Phi) is 5.14. The number of carbonyl (C=O) groups excluding carboxylic acids is 1. The number of aliphatic hydroxyl groups excluding tert-OH is 1. The van der Waals surface area contributed by atoms with Crippen LogP contribution >= 0.6 is 0 Å². The summed E-state index contributed by atoms with van der Waals surface area (Å²) < 4.78 is 0. The minimum absolute atomic E-state index is 0.243. The van der Waals surface area contributed by atoms with Gasteiger partial charge in [-0.2, -0.15) is 0 Å². The van der Waals surface area contributed by atoms with Crippen LogP contribution in [0.2, 0.25) is 0 Å². The van der Waals surface area contributed by atoms with Crippen LogP contribution < -0.4 is 0 Å². The Bertz CT molecular complexity index is 351. The van der Waals surface area contributed by atoms with Crippen LogP contribution in [0.3, 0.4) is 0 Å². The number of amides is 1. The van der Waals surface area contributed by atoms with Gasteiger partial charge in [0.15, 0.2) is 0 Å². The molecule has 2 saturated heterocycles. The second-order valence-electron chi connectivity index (χ2n) is 7.01. The van der Waals surface area contributed by atoms with Gasteiger partial charge in [0, 0.05) is 39.3 Å². The van der Waals surface area contributed by atoms with Crippen molar-refractivity contribution in [2.75, 3.05) is 52.4 Å². The molecule has 5 heteroatoms. The zero-order valence-corrected chi connectivity index (χ0v) is 13.0. The number of rotatable bonds is 4. The molecule has 0 spiro atoms. The zero-order chi connectivity index (χ0) is 14.7. The van der Waals surface area contributed by atoms with E-state index in [-0.39, 0.29) is 12.0 Å². The Balaban J connectivity index is 1.37. The predicted molar refractivity (Wildman–Crippen MR) is 82.0 cm³/mol. The maximum atomic E-state index is 12.4. The molecule has 0 unspecified atom stereocenters. The SMILES string of the molecule is O=C(CN1CCC[C@H](O)C1)N1CCN(CC2CCC2)CC1. The van der Waals surface area contributed by atoms with Gasteiger partial charge in [-0.05, 0) is 38.1 Å². The van der Waals surface area contributed by atoms with Gasteiger partial charge in [-0.3, -0.25) is 14.6 Å². The van der Waals surface area contributed by atoms with Gasteiger partial charge >= 0.3 is 0 Å². The summed E-state index contributed by atoms with van der Waals surface area (Å²) in [4.78, 5) is 19.0. The lowest BCUT2D eigenvalue weighted by molar-refractivity contribution is -0.135. The third kappa shape index (κ3) is 4.18. The Morgan fingerprint density at radius 1 is 0.952 bits per heavy atom. The minimum Gasteiger partial charge on any atom is -0.392 e. The number of likely N-dealkylation sites (tertiary alicyclic amines) is 1. The molecule has 0 bridgehead atoms. The molecule has 0 aromatic heterocycles. The Morgan fingerprint density at radius 2 is 1.71 bits per heavy atom. The van der Waals surface area contributed by atoms with Gasteiger partial charge in [-0.25, -0.2) is 0 Å². The molecular weight excluding hydrogens is 266 g/mol. The molecule has 2 heterocycles. The van der Waals surface area contributed by atoms with Gasteiger partial charge < -0.3 is 10.0 Å². The Hall–Kier alpha value is -0.650. The van der Waals surface area contributed by atoms with Crippen LogP contribution in [0.5, 0.6) is 0 Å². The van der Waals surface area contributed by atoms with Gasteiger partial charge in [0.05, 0.1) is 12.6 Å². The van der Waals surface area contributed by atoms with E-state index in [4.69, 9.17) is 0 Å². The van der Waals surface area contributed by atoms with Gasteiger partial charge in [0.25, 0.3) is 0 Å². The average Bonchev–Trinajstić information content (AvgIpc) is 2.43. The molecule has 3 rings (SSSR count). The lowest BCUT2D eigenvalue weighted by Gasteiger charge is -2.39. The summed E-state index contributed by atoms with van der Waals surface area (Å²) in [6, 6.07) is 0. The van der Waals surface area contributed by atoms with Crippen molar-refractivity contribution in [2.45, 2.75) is 38.2 Å². The largest absolute Gasteiger partial charge is 0.392 e. The number of aliphatic hydroxyl groups is 1. The standard InChI is InChI=1S/C16H29N3O2/c20-15-5-2-6-18(12-15)13-16(21)19-9-7-17(8-10-19)11-14-3-1-4-14/h14-15,20H,1-13H2/t15-/m0/s1. The molecular formula is C16H29N3O2. The lowest BCUT2D eigenvalue weighted by atomic mass is 9.85. The number of nitrogens with zero attached hydrogens (tertiary/aromatic N) is 3. The van der Waals surface area contributed by atoms with Crippen LogP contribution in [0.15, 0.2) is 0 Å². The summed E-state index contributed by atoms with van der Waals surface area (Å²) in [5.41, 5.74) is 0.